The Labute approximate surface area is 109 Å². The lowest BCUT2D eigenvalue weighted by Gasteiger charge is -2.12. The molecule has 0 aliphatic heterocycles. The maximum atomic E-state index is 11.5. The third kappa shape index (κ3) is 3.11. The van der Waals surface area contributed by atoms with Crippen LogP contribution in [0.25, 0.3) is 5.69 Å². The average Bonchev–Trinajstić information content (AvgIpc) is 2.82. The summed E-state index contributed by atoms with van der Waals surface area (Å²) in [5, 5.41) is 8.65. The summed E-state index contributed by atoms with van der Waals surface area (Å²) in [5.41, 5.74) is 7.23. The number of imidazole rings is 1. The smallest absolute Gasteiger partial charge is 0.330 e. The van der Waals surface area contributed by atoms with Crippen molar-refractivity contribution in [1.82, 2.24) is 9.55 Å². The number of hydrogen-bond acceptors (Lipinski definition) is 3. The van der Waals surface area contributed by atoms with Crippen molar-refractivity contribution in [3.63, 3.8) is 0 Å². The molecule has 4 N–H and O–H groups in total. The number of carboxylic acid groups (broad SMARTS) is 1. The minimum atomic E-state index is -0.867. The fourth-order valence-electron chi connectivity index (χ4n) is 1.87. The number of aromatic amines is 1. The number of aromatic nitrogens is 2. The average molecular weight is 261 g/mol. The predicted octanol–water partition coefficient (Wildman–Crippen LogP) is 1.03. The molecule has 0 aliphatic carbocycles. The van der Waals surface area contributed by atoms with Crippen LogP contribution in [0.3, 0.4) is 0 Å². The van der Waals surface area contributed by atoms with Gasteiger partial charge in [0.25, 0.3) is 0 Å². The first-order valence-corrected chi connectivity index (χ1v) is 5.91. The van der Waals surface area contributed by atoms with Gasteiger partial charge in [-0.05, 0) is 24.1 Å². The van der Waals surface area contributed by atoms with E-state index in [4.69, 9.17) is 10.8 Å². The van der Waals surface area contributed by atoms with Gasteiger partial charge in [0.05, 0.1) is 5.69 Å². The molecule has 0 aliphatic rings. The Morgan fingerprint density at radius 2 is 2.26 bits per heavy atom. The molecule has 0 fully saturated rings. The fourth-order valence-corrected chi connectivity index (χ4v) is 1.87. The van der Waals surface area contributed by atoms with Crippen molar-refractivity contribution in [1.29, 1.82) is 0 Å². The van der Waals surface area contributed by atoms with E-state index in [9.17, 15) is 9.59 Å². The highest BCUT2D eigenvalue weighted by Gasteiger charge is 2.10. The zero-order chi connectivity index (χ0) is 13.8. The summed E-state index contributed by atoms with van der Waals surface area (Å²) >= 11 is 0. The van der Waals surface area contributed by atoms with Gasteiger partial charge in [0.2, 0.25) is 0 Å². The van der Waals surface area contributed by atoms with Crippen LogP contribution in [-0.4, -0.2) is 20.6 Å². The summed E-state index contributed by atoms with van der Waals surface area (Å²) < 4.78 is 1.47. The summed E-state index contributed by atoms with van der Waals surface area (Å²) in [6.07, 6.45) is 3.57. The van der Waals surface area contributed by atoms with E-state index in [0.717, 1.165) is 5.56 Å². The molecule has 2 aromatic rings. The lowest BCUT2D eigenvalue weighted by atomic mass is 10.0. The number of H-pyrrole nitrogens is 1. The highest BCUT2D eigenvalue weighted by atomic mass is 16.4. The molecule has 0 bridgehead atoms. The number of nitrogens with one attached hydrogen (secondary N) is 1. The number of hydrogen-bond donors (Lipinski definition) is 3. The molecule has 6 heteroatoms. The first-order valence-electron chi connectivity index (χ1n) is 5.91. The molecular formula is C13H15N3O3. The third-order valence-electron chi connectivity index (χ3n) is 2.89. The van der Waals surface area contributed by atoms with Crippen molar-refractivity contribution < 1.29 is 9.90 Å². The maximum Gasteiger partial charge on any atom is 0.330 e. The molecule has 0 spiro atoms. The van der Waals surface area contributed by atoms with Crippen LogP contribution in [0.15, 0.2) is 41.5 Å². The van der Waals surface area contributed by atoms with Gasteiger partial charge >= 0.3 is 11.7 Å². The molecule has 0 saturated heterocycles. The first-order chi connectivity index (χ1) is 9.08. The van der Waals surface area contributed by atoms with E-state index >= 15 is 0 Å². The van der Waals surface area contributed by atoms with E-state index in [1.54, 1.807) is 30.6 Å². The van der Waals surface area contributed by atoms with Crippen molar-refractivity contribution >= 4 is 5.97 Å². The number of carboxylic acids is 1. The number of aliphatic carboxylic acids is 1. The van der Waals surface area contributed by atoms with Gasteiger partial charge < -0.3 is 15.8 Å². The molecule has 1 heterocycles. The zero-order valence-electron chi connectivity index (χ0n) is 10.2. The summed E-state index contributed by atoms with van der Waals surface area (Å²) in [6, 6.07) is 6.86. The van der Waals surface area contributed by atoms with Gasteiger partial charge in [-0.3, -0.25) is 9.36 Å². The summed E-state index contributed by atoms with van der Waals surface area (Å²) in [5.74, 6) is -0.867. The Kier molecular flexibility index (Phi) is 3.82. The Bertz CT molecular complexity index is 630. The van der Waals surface area contributed by atoms with E-state index in [0.29, 0.717) is 12.1 Å². The predicted molar refractivity (Wildman–Crippen MR) is 70.2 cm³/mol. The second kappa shape index (κ2) is 5.53. The molecule has 0 amide bonds. The van der Waals surface area contributed by atoms with Crippen molar-refractivity contribution in [2.45, 2.75) is 18.9 Å². The van der Waals surface area contributed by atoms with Crippen molar-refractivity contribution in [3.8, 4) is 5.69 Å². The molecule has 0 radical (unpaired) electrons. The molecule has 0 saturated carbocycles. The van der Waals surface area contributed by atoms with Crippen LogP contribution in [0, 0.1) is 0 Å². The van der Waals surface area contributed by atoms with E-state index in [1.165, 1.54) is 4.57 Å². The summed E-state index contributed by atoms with van der Waals surface area (Å²) in [7, 11) is 0. The SMILES string of the molecule is NC(CCC(=O)O)c1cccc(-n2cc[nH]c2=O)c1. The van der Waals surface area contributed by atoms with Gasteiger partial charge in [-0.1, -0.05) is 12.1 Å². The normalized spacial score (nSPS) is 12.3. The second-order valence-electron chi connectivity index (χ2n) is 4.27. The van der Waals surface area contributed by atoms with E-state index in [2.05, 4.69) is 4.98 Å². The van der Waals surface area contributed by atoms with Gasteiger partial charge in [-0.2, -0.15) is 0 Å². The highest BCUT2D eigenvalue weighted by molar-refractivity contribution is 5.66. The summed E-state index contributed by atoms with van der Waals surface area (Å²) in [4.78, 5) is 24.6. The minimum Gasteiger partial charge on any atom is -0.481 e. The van der Waals surface area contributed by atoms with Crippen LogP contribution >= 0.6 is 0 Å². The molecule has 19 heavy (non-hydrogen) atoms. The molecule has 100 valence electrons. The van der Waals surface area contributed by atoms with Crippen molar-refractivity contribution in [2.24, 2.45) is 5.73 Å². The lowest BCUT2D eigenvalue weighted by Crippen LogP contribution is -2.16. The summed E-state index contributed by atoms with van der Waals surface area (Å²) in [6.45, 7) is 0. The van der Waals surface area contributed by atoms with E-state index in [-0.39, 0.29) is 18.2 Å². The molecule has 1 unspecified atom stereocenters. The van der Waals surface area contributed by atoms with E-state index < -0.39 is 5.97 Å². The molecule has 2 rings (SSSR count). The Morgan fingerprint density at radius 3 is 2.89 bits per heavy atom. The van der Waals surface area contributed by atoms with Gasteiger partial charge in [-0.25, -0.2) is 4.79 Å². The van der Waals surface area contributed by atoms with Crippen LogP contribution < -0.4 is 11.4 Å². The van der Waals surface area contributed by atoms with E-state index in [1.807, 2.05) is 6.07 Å². The number of benzene rings is 1. The Hall–Kier alpha value is -2.34. The molecule has 1 atom stereocenters. The first kappa shape index (κ1) is 13.1. The van der Waals surface area contributed by atoms with Crippen LogP contribution in [0.1, 0.15) is 24.4 Å². The molecule has 1 aromatic heterocycles. The third-order valence-corrected chi connectivity index (χ3v) is 2.89. The van der Waals surface area contributed by atoms with Crippen LogP contribution in [0.5, 0.6) is 0 Å². The van der Waals surface area contributed by atoms with Crippen molar-refractivity contribution in [2.75, 3.05) is 0 Å². The maximum absolute atomic E-state index is 11.5. The van der Waals surface area contributed by atoms with Gasteiger partial charge in [0, 0.05) is 24.9 Å². The molecular weight excluding hydrogens is 246 g/mol. The largest absolute Gasteiger partial charge is 0.481 e. The number of rotatable bonds is 5. The quantitative estimate of drug-likeness (QED) is 0.748. The standard InChI is InChI=1S/C13H15N3O3/c14-11(4-5-12(17)18)9-2-1-3-10(8-9)16-7-6-15-13(16)19/h1-3,6-8,11H,4-5,14H2,(H,15,19)(H,17,18). The second-order valence-corrected chi connectivity index (χ2v) is 4.27. The van der Waals surface area contributed by atoms with Crippen LogP contribution in [0.2, 0.25) is 0 Å². The number of nitrogens with zero attached hydrogens (tertiary/aromatic N) is 1. The Morgan fingerprint density at radius 1 is 1.47 bits per heavy atom. The lowest BCUT2D eigenvalue weighted by molar-refractivity contribution is -0.137. The topological polar surface area (TPSA) is 101 Å². The highest BCUT2D eigenvalue weighted by Crippen LogP contribution is 2.18. The molecule has 1 aromatic carbocycles. The monoisotopic (exact) mass is 261 g/mol. The zero-order valence-corrected chi connectivity index (χ0v) is 10.2. The number of nitrogens with two attached hydrogens (primary N) is 1. The van der Waals surface area contributed by atoms with Crippen LogP contribution in [-0.2, 0) is 4.79 Å². The Balaban J connectivity index is 2.22. The van der Waals surface area contributed by atoms with Gasteiger partial charge in [0.1, 0.15) is 0 Å². The number of carbonyl (C=O) groups is 1. The van der Waals surface area contributed by atoms with Gasteiger partial charge in [-0.15, -0.1) is 0 Å². The fraction of sp³-hybridized carbons (Fsp3) is 0.231. The van der Waals surface area contributed by atoms with Crippen molar-refractivity contribution in [3.05, 3.63) is 52.7 Å². The van der Waals surface area contributed by atoms with Crippen LogP contribution in [0.4, 0.5) is 0 Å². The molecule has 6 nitrogen and oxygen atoms in total. The van der Waals surface area contributed by atoms with Gasteiger partial charge in [0.15, 0.2) is 0 Å². The minimum absolute atomic E-state index is 0.0233.